The smallest absolute Gasteiger partial charge is 0.282 e. The fourth-order valence-corrected chi connectivity index (χ4v) is 2.45. The minimum Gasteiger partial charge on any atom is -0.327 e. The van der Waals surface area contributed by atoms with Crippen molar-refractivity contribution < 1.29 is 14.2 Å². The van der Waals surface area contributed by atoms with Gasteiger partial charge >= 0.3 is 0 Å². The van der Waals surface area contributed by atoms with E-state index in [1.165, 1.54) is 12.8 Å². The van der Waals surface area contributed by atoms with Crippen LogP contribution in [0, 0.1) is 10.8 Å². The Kier molecular flexibility index (Phi) is 3.54. The summed E-state index contributed by atoms with van der Waals surface area (Å²) in [4.78, 5) is 0. The normalized spacial score (nSPS) is 37.4. The first kappa shape index (κ1) is 13.3. The lowest BCUT2D eigenvalue weighted by Gasteiger charge is -2.57. The Morgan fingerprint density at radius 1 is 0.941 bits per heavy atom. The van der Waals surface area contributed by atoms with Gasteiger partial charge in [-0.05, 0) is 11.8 Å². The first-order valence-electron chi connectivity index (χ1n) is 6.85. The highest BCUT2D eigenvalue weighted by Gasteiger charge is 2.56. The summed E-state index contributed by atoms with van der Waals surface area (Å²) in [6.45, 7) is 11.2. The van der Waals surface area contributed by atoms with Crippen molar-refractivity contribution in [1.29, 1.82) is 0 Å². The molecule has 0 aromatic carbocycles. The summed E-state index contributed by atoms with van der Waals surface area (Å²) >= 11 is 0. The van der Waals surface area contributed by atoms with Crippen LogP contribution in [0.1, 0.15) is 53.4 Å². The standard InChI is InChI=1S/C14H26O3/c1-5-6-7-8-14-15-9-13(10-16-14,11-17-14)12(2,3)4/h5-11H2,1-4H3. The van der Waals surface area contributed by atoms with Crippen molar-refractivity contribution in [2.24, 2.45) is 10.8 Å². The van der Waals surface area contributed by atoms with Crippen LogP contribution in [0.4, 0.5) is 0 Å². The second-order valence-corrected chi connectivity index (χ2v) is 6.54. The lowest BCUT2D eigenvalue weighted by molar-refractivity contribution is -0.480. The molecule has 0 radical (unpaired) electrons. The summed E-state index contributed by atoms with van der Waals surface area (Å²) in [5.74, 6) is -0.720. The zero-order chi connectivity index (χ0) is 12.6. The van der Waals surface area contributed by atoms with Gasteiger partial charge in [-0.2, -0.15) is 0 Å². The fourth-order valence-electron chi connectivity index (χ4n) is 2.45. The lowest BCUT2D eigenvalue weighted by Crippen LogP contribution is -2.64. The maximum absolute atomic E-state index is 5.90. The van der Waals surface area contributed by atoms with Crippen LogP contribution in [0.3, 0.4) is 0 Å². The number of hydrogen-bond acceptors (Lipinski definition) is 3. The molecule has 0 aromatic rings. The van der Waals surface area contributed by atoms with Crippen molar-refractivity contribution in [3.8, 4) is 0 Å². The average molecular weight is 242 g/mol. The van der Waals surface area contributed by atoms with E-state index in [0.717, 1.165) is 32.7 Å². The van der Waals surface area contributed by atoms with Crippen molar-refractivity contribution in [2.75, 3.05) is 19.8 Å². The predicted octanol–water partition coefficient (Wildman–Crippen LogP) is 3.33. The molecule has 0 unspecified atom stereocenters. The zero-order valence-corrected chi connectivity index (χ0v) is 11.7. The average Bonchev–Trinajstić information content (AvgIpc) is 2.30. The molecule has 0 N–H and O–H groups in total. The molecule has 3 heteroatoms. The Morgan fingerprint density at radius 2 is 1.47 bits per heavy atom. The third-order valence-corrected chi connectivity index (χ3v) is 4.38. The summed E-state index contributed by atoms with van der Waals surface area (Å²) in [5, 5.41) is 0. The van der Waals surface area contributed by atoms with E-state index in [4.69, 9.17) is 14.2 Å². The highest BCUT2D eigenvalue weighted by molar-refractivity contribution is 4.96. The zero-order valence-electron chi connectivity index (χ0n) is 11.7. The van der Waals surface area contributed by atoms with Gasteiger partial charge in [-0.3, -0.25) is 0 Å². The molecule has 0 atom stereocenters. The Morgan fingerprint density at radius 3 is 1.88 bits per heavy atom. The molecule has 3 aliphatic rings. The molecular formula is C14H26O3. The molecule has 0 saturated carbocycles. The van der Waals surface area contributed by atoms with Crippen LogP contribution >= 0.6 is 0 Å². The Balaban J connectivity index is 1.95. The summed E-state index contributed by atoms with van der Waals surface area (Å²) in [6, 6.07) is 0. The number of hydrogen-bond donors (Lipinski definition) is 0. The Labute approximate surface area is 105 Å². The van der Waals surface area contributed by atoms with Gasteiger partial charge in [0.25, 0.3) is 5.97 Å². The molecule has 3 aliphatic heterocycles. The third-order valence-electron chi connectivity index (χ3n) is 4.38. The van der Waals surface area contributed by atoms with E-state index in [1.807, 2.05) is 0 Å². The molecule has 3 nitrogen and oxygen atoms in total. The van der Waals surface area contributed by atoms with E-state index < -0.39 is 5.97 Å². The summed E-state index contributed by atoms with van der Waals surface area (Å²) in [5.41, 5.74) is 0.183. The van der Waals surface area contributed by atoms with Gasteiger partial charge in [0.15, 0.2) is 0 Å². The van der Waals surface area contributed by atoms with Crippen LogP contribution in [-0.2, 0) is 14.2 Å². The number of rotatable bonds is 4. The maximum atomic E-state index is 5.90. The number of fused-ring (bicyclic) bond motifs is 3. The van der Waals surface area contributed by atoms with Crippen LogP contribution < -0.4 is 0 Å². The lowest BCUT2D eigenvalue weighted by atomic mass is 9.67. The first-order chi connectivity index (χ1) is 7.93. The van der Waals surface area contributed by atoms with Gasteiger partial charge < -0.3 is 14.2 Å². The largest absolute Gasteiger partial charge is 0.327 e. The molecule has 3 saturated heterocycles. The van der Waals surface area contributed by atoms with Crippen molar-refractivity contribution in [1.82, 2.24) is 0 Å². The van der Waals surface area contributed by atoms with Crippen molar-refractivity contribution >= 4 is 0 Å². The minimum absolute atomic E-state index is 0.0273. The number of ether oxygens (including phenoxy) is 3. The molecule has 0 spiro atoms. The summed E-state index contributed by atoms with van der Waals surface area (Å²) in [7, 11) is 0. The molecule has 3 heterocycles. The highest BCUT2D eigenvalue weighted by atomic mass is 16.9. The van der Waals surface area contributed by atoms with Crippen molar-refractivity contribution in [2.45, 2.75) is 59.4 Å². The molecule has 3 rings (SSSR count). The predicted molar refractivity (Wildman–Crippen MR) is 66.6 cm³/mol. The van der Waals surface area contributed by atoms with E-state index in [2.05, 4.69) is 27.7 Å². The fraction of sp³-hybridized carbons (Fsp3) is 1.00. The SMILES string of the molecule is CCCCCC12OCC(C(C)(C)C)(CO1)CO2. The summed E-state index contributed by atoms with van der Waals surface area (Å²) < 4.78 is 17.7. The molecule has 0 aliphatic carbocycles. The van der Waals surface area contributed by atoms with Crippen molar-refractivity contribution in [3.05, 3.63) is 0 Å². The Bertz CT molecular complexity index is 243. The second-order valence-electron chi connectivity index (χ2n) is 6.54. The van der Waals surface area contributed by atoms with E-state index >= 15 is 0 Å². The molecule has 0 aromatic heterocycles. The minimum atomic E-state index is -0.720. The number of unbranched alkanes of at least 4 members (excludes halogenated alkanes) is 2. The van der Waals surface area contributed by atoms with E-state index in [9.17, 15) is 0 Å². The van der Waals surface area contributed by atoms with Crippen LogP contribution in [0.25, 0.3) is 0 Å². The molecule has 100 valence electrons. The van der Waals surface area contributed by atoms with Gasteiger partial charge in [-0.15, -0.1) is 0 Å². The maximum Gasteiger partial charge on any atom is 0.282 e. The molecule has 2 bridgehead atoms. The van der Waals surface area contributed by atoms with Gasteiger partial charge in [-0.1, -0.05) is 40.5 Å². The van der Waals surface area contributed by atoms with Crippen LogP contribution in [0.5, 0.6) is 0 Å². The van der Waals surface area contributed by atoms with Gasteiger partial charge in [-0.25, -0.2) is 0 Å². The molecule has 3 fully saturated rings. The van der Waals surface area contributed by atoms with Gasteiger partial charge in [0.1, 0.15) is 0 Å². The molecular weight excluding hydrogens is 216 g/mol. The second kappa shape index (κ2) is 4.52. The van der Waals surface area contributed by atoms with Crippen LogP contribution in [0.15, 0.2) is 0 Å². The Hall–Kier alpha value is -0.120. The quantitative estimate of drug-likeness (QED) is 0.708. The van der Waals surface area contributed by atoms with Gasteiger partial charge in [0.05, 0.1) is 19.8 Å². The van der Waals surface area contributed by atoms with Gasteiger partial charge in [0, 0.05) is 11.8 Å². The summed E-state index contributed by atoms with van der Waals surface area (Å²) in [6.07, 6.45) is 4.39. The third kappa shape index (κ3) is 2.38. The van der Waals surface area contributed by atoms with Crippen molar-refractivity contribution in [3.63, 3.8) is 0 Å². The monoisotopic (exact) mass is 242 g/mol. The van der Waals surface area contributed by atoms with Crippen LogP contribution in [0.2, 0.25) is 0 Å². The van der Waals surface area contributed by atoms with E-state index in [-0.39, 0.29) is 10.8 Å². The molecule has 17 heavy (non-hydrogen) atoms. The first-order valence-corrected chi connectivity index (χ1v) is 6.85. The topological polar surface area (TPSA) is 27.7 Å². The highest BCUT2D eigenvalue weighted by Crippen LogP contribution is 2.49. The van der Waals surface area contributed by atoms with Gasteiger partial charge in [0.2, 0.25) is 0 Å². The van der Waals surface area contributed by atoms with Crippen LogP contribution in [-0.4, -0.2) is 25.8 Å². The van der Waals surface area contributed by atoms with E-state index in [0.29, 0.717) is 0 Å². The molecule has 0 amide bonds. The van der Waals surface area contributed by atoms with E-state index in [1.54, 1.807) is 0 Å².